The molecule has 5 heteroatoms. The van der Waals surface area contributed by atoms with E-state index in [4.69, 9.17) is 4.98 Å². The number of rotatable bonds is 3. The highest BCUT2D eigenvalue weighted by molar-refractivity contribution is 5.95. The number of nitrogens with zero attached hydrogens (tertiary/aromatic N) is 2. The third-order valence-electron chi connectivity index (χ3n) is 5.26. The van der Waals surface area contributed by atoms with Gasteiger partial charge in [-0.15, -0.1) is 0 Å². The van der Waals surface area contributed by atoms with E-state index in [1.165, 1.54) is 16.7 Å². The first-order valence-corrected chi connectivity index (χ1v) is 9.82. The Kier molecular flexibility index (Phi) is 4.49. The Morgan fingerprint density at radius 2 is 1.45 bits per heavy atom. The number of aromatic hydroxyl groups is 2. The summed E-state index contributed by atoms with van der Waals surface area (Å²) in [6.45, 7) is 0. The second kappa shape index (κ2) is 7.46. The van der Waals surface area contributed by atoms with E-state index in [9.17, 15) is 15.0 Å². The Bertz CT molecular complexity index is 1520. The van der Waals surface area contributed by atoms with Crippen molar-refractivity contribution in [1.29, 1.82) is 0 Å². The summed E-state index contributed by atoms with van der Waals surface area (Å²) in [7, 11) is 0. The molecule has 0 fully saturated rings. The minimum absolute atomic E-state index is 0.114. The summed E-state index contributed by atoms with van der Waals surface area (Å²) < 4.78 is 1.50. The molecule has 0 unspecified atom stereocenters. The van der Waals surface area contributed by atoms with E-state index >= 15 is 0 Å². The Morgan fingerprint density at radius 3 is 2.26 bits per heavy atom. The number of phenols is 2. The van der Waals surface area contributed by atoms with E-state index in [1.54, 1.807) is 48.6 Å². The van der Waals surface area contributed by atoms with E-state index in [-0.39, 0.29) is 17.1 Å². The zero-order chi connectivity index (χ0) is 21.4. The predicted octanol–water partition coefficient (Wildman–Crippen LogP) is 5.12. The van der Waals surface area contributed by atoms with Gasteiger partial charge in [0, 0.05) is 5.56 Å². The molecule has 5 nitrogen and oxygen atoms in total. The SMILES string of the molecule is O=c1c2ccccc2nc(/C=C/c2c(O)ccc3ccccc23)n1-c1ccc(O)cc1. The molecule has 0 saturated heterocycles. The van der Waals surface area contributed by atoms with Crippen molar-refractivity contribution in [1.82, 2.24) is 9.55 Å². The molecule has 0 aliphatic heterocycles. The van der Waals surface area contributed by atoms with Crippen LogP contribution in [-0.4, -0.2) is 19.8 Å². The van der Waals surface area contributed by atoms with Crippen molar-refractivity contribution in [3.8, 4) is 17.2 Å². The molecule has 31 heavy (non-hydrogen) atoms. The van der Waals surface area contributed by atoms with Crippen LogP contribution in [0, 0.1) is 0 Å². The molecule has 1 aromatic heterocycles. The zero-order valence-corrected chi connectivity index (χ0v) is 16.4. The monoisotopic (exact) mass is 406 g/mol. The van der Waals surface area contributed by atoms with E-state index < -0.39 is 0 Å². The van der Waals surface area contributed by atoms with Gasteiger partial charge in [0.25, 0.3) is 5.56 Å². The summed E-state index contributed by atoms with van der Waals surface area (Å²) in [5.41, 5.74) is 1.61. The molecule has 0 radical (unpaired) electrons. The third-order valence-corrected chi connectivity index (χ3v) is 5.26. The van der Waals surface area contributed by atoms with E-state index in [0.29, 0.717) is 28.0 Å². The quantitative estimate of drug-likeness (QED) is 0.436. The van der Waals surface area contributed by atoms with Crippen LogP contribution in [0.25, 0.3) is 39.5 Å². The highest BCUT2D eigenvalue weighted by Gasteiger charge is 2.12. The minimum atomic E-state index is -0.210. The van der Waals surface area contributed by atoms with Gasteiger partial charge in [-0.3, -0.25) is 9.36 Å². The molecule has 4 aromatic carbocycles. The van der Waals surface area contributed by atoms with E-state index in [2.05, 4.69) is 0 Å². The van der Waals surface area contributed by atoms with E-state index in [0.717, 1.165) is 10.8 Å². The smallest absolute Gasteiger partial charge is 0.266 e. The molecule has 150 valence electrons. The molecule has 0 aliphatic rings. The Balaban J connectivity index is 1.75. The number of hydrogen-bond acceptors (Lipinski definition) is 4. The Morgan fingerprint density at radius 1 is 0.742 bits per heavy atom. The van der Waals surface area contributed by atoms with Crippen LogP contribution in [0.3, 0.4) is 0 Å². The van der Waals surface area contributed by atoms with Crippen LogP contribution in [-0.2, 0) is 0 Å². The maximum atomic E-state index is 13.3. The molecule has 0 bridgehead atoms. The molecule has 0 amide bonds. The minimum Gasteiger partial charge on any atom is -0.508 e. The highest BCUT2D eigenvalue weighted by atomic mass is 16.3. The third kappa shape index (κ3) is 3.32. The molecule has 5 rings (SSSR count). The number of fused-ring (bicyclic) bond motifs is 2. The Labute approximate surface area is 177 Å². The molecule has 1 heterocycles. The van der Waals surface area contributed by atoms with E-state index in [1.807, 2.05) is 36.4 Å². The topological polar surface area (TPSA) is 75.3 Å². The van der Waals surface area contributed by atoms with Crippen molar-refractivity contribution < 1.29 is 10.2 Å². The lowest BCUT2D eigenvalue weighted by atomic mass is 10.0. The van der Waals surface area contributed by atoms with Crippen molar-refractivity contribution in [2.45, 2.75) is 0 Å². The lowest BCUT2D eigenvalue weighted by molar-refractivity contribution is 0.474. The second-order valence-corrected chi connectivity index (χ2v) is 7.20. The van der Waals surface area contributed by atoms with Gasteiger partial charge < -0.3 is 10.2 Å². The molecule has 0 atom stereocenters. The number of phenolic OH excluding ortho intramolecular Hbond substituents is 2. The number of aromatic nitrogens is 2. The van der Waals surface area contributed by atoms with Crippen LogP contribution in [0.1, 0.15) is 11.4 Å². The van der Waals surface area contributed by atoms with Crippen LogP contribution in [0.15, 0.2) is 89.7 Å². The Hall–Kier alpha value is -4.38. The molecule has 0 spiro atoms. The standard InChI is InChI=1S/C26H18N2O3/c29-19-12-10-18(11-13-19)28-25(27-23-8-4-3-7-22(23)26(28)31)16-14-21-20-6-2-1-5-17(20)9-15-24(21)30/h1-16,29-30H/b16-14+. The van der Waals surface area contributed by atoms with Gasteiger partial charge in [0.2, 0.25) is 0 Å². The molecular weight excluding hydrogens is 388 g/mol. The molecule has 5 aromatic rings. The fourth-order valence-electron chi connectivity index (χ4n) is 3.73. The maximum absolute atomic E-state index is 13.3. The molecule has 2 N–H and O–H groups in total. The van der Waals surface area contributed by atoms with Crippen molar-refractivity contribution in [2.24, 2.45) is 0 Å². The number of hydrogen-bond donors (Lipinski definition) is 2. The fourth-order valence-corrected chi connectivity index (χ4v) is 3.73. The molecular formula is C26H18N2O3. The van der Waals surface area contributed by atoms with Gasteiger partial charge >= 0.3 is 0 Å². The second-order valence-electron chi connectivity index (χ2n) is 7.20. The number of benzene rings is 4. The average molecular weight is 406 g/mol. The lowest BCUT2D eigenvalue weighted by Gasteiger charge is -2.12. The summed E-state index contributed by atoms with van der Waals surface area (Å²) in [6, 6.07) is 24.9. The summed E-state index contributed by atoms with van der Waals surface area (Å²) in [4.78, 5) is 18.0. The van der Waals surface area contributed by atoms with Gasteiger partial charge in [-0.2, -0.15) is 0 Å². The van der Waals surface area contributed by atoms with Gasteiger partial charge in [0.1, 0.15) is 17.3 Å². The first-order valence-electron chi connectivity index (χ1n) is 9.82. The molecule has 0 saturated carbocycles. The maximum Gasteiger partial charge on any atom is 0.266 e. The summed E-state index contributed by atoms with van der Waals surface area (Å²) in [6.07, 6.45) is 3.49. The van der Waals surface area contributed by atoms with Crippen LogP contribution < -0.4 is 5.56 Å². The average Bonchev–Trinajstić information content (AvgIpc) is 2.79. The van der Waals surface area contributed by atoms with Gasteiger partial charge in [0.05, 0.1) is 16.6 Å². The predicted molar refractivity (Wildman–Crippen MR) is 124 cm³/mol. The van der Waals surface area contributed by atoms with Crippen LogP contribution in [0.5, 0.6) is 11.5 Å². The van der Waals surface area contributed by atoms with Gasteiger partial charge in [0.15, 0.2) is 0 Å². The zero-order valence-electron chi connectivity index (χ0n) is 16.4. The van der Waals surface area contributed by atoms with Gasteiger partial charge in [-0.1, -0.05) is 42.5 Å². The van der Waals surface area contributed by atoms with Crippen molar-refractivity contribution >= 4 is 33.8 Å². The first-order chi connectivity index (χ1) is 15.1. The summed E-state index contributed by atoms with van der Waals surface area (Å²) in [5.74, 6) is 0.680. The van der Waals surface area contributed by atoms with Crippen LogP contribution in [0.2, 0.25) is 0 Å². The summed E-state index contributed by atoms with van der Waals surface area (Å²) >= 11 is 0. The normalized spacial score (nSPS) is 11.5. The highest BCUT2D eigenvalue weighted by Crippen LogP contribution is 2.29. The number of para-hydroxylation sites is 1. The van der Waals surface area contributed by atoms with Crippen molar-refractivity contribution in [3.63, 3.8) is 0 Å². The molecule has 0 aliphatic carbocycles. The van der Waals surface area contributed by atoms with Gasteiger partial charge in [-0.25, -0.2) is 4.98 Å². The fraction of sp³-hybridized carbons (Fsp3) is 0. The largest absolute Gasteiger partial charge is 0.508 e. The van der Waals surface area contributed by atoms with Crippen molar-refractivity contribution in [2.75, 3.05) is 0 Å². The lowest BCUT2D eigenvalue weighted by Crippen LogP contribution is -2.22. The first kappa shape index (κ1) is 18.6. The van der Waals surface area contributed by atoms with Crippen LogP contribution >= 0.6 is 0 Å². The van der Waals surface area contributed by atoms with Crippen molar-refractivity contribution in [3.05, 3.63) is 107 Å². The van der Waals surface area contributed by atoms with Gasteiger partial charge in [-0.05, 0) is 65.4 Å². The summed E-state index contributed by atoms with van der Waals surface area (Å²) in [5, 5.41) is 22.5. The van der Waals surface area contributed by atoms with Crippen LogP contribution in [0.4, 0.5) is 0 Å².